The number of H-pyrrole nitrogens is 1. The van der Waals surface area contributed by atoms with E-state index >= 15 is 0 Å². The topological polar surface area (TPSA) is 110 Å². The standard InChI is InChI=1S/C17H19N3O5S/c1-4-10-11(16(21)12-9-18-20(2)17(12)22)5-6-14(26(3,23)24)15(10)13-7-8-25-19-13/h5-7,9,18-19H,4,8H2,1-3H3. The summed E-state index contributed by atoms with van der Waals surface area (Å²) in [5.41, 5.74) is 4.01. The van der Waals surface area contributed by atoms with Crippen molar-refractivity contribution in [2.24, 2.45) is 7.05 Å². The second kappa shape index (κ2) is 6.58. The molecule has 2 aromatic rings. The first-order valence-corrected chi connectivity index (χ1v) is 9.88. The van der Waals surface area contributed by atoms with E-state index in [1.165, 1.54) is 30.1 Å². The largest absolute Gasteiger partial charge is 0.302 e. The fraction of sp³-hybridized carbons (Fsp3) is 0.294. The summed E-state index contributed by atoms with van der Waals surface area (Å²) < 4.78 is 25.7. The van der Waals surface area contributed by atoms with E-state index in [1.807, 2.05) is 6.92 Å². The summed E-state index contributed by atoms with van der Waals surface area (Å²) in [4.78, 5) is 30.3. The first kappa shape index (κ1) is 18.2. The maximum Gasteiger partial charge on any atom is 0.277 e. The van der Waals surface area contributed by atoms with Crippen LogP contribution in [0.2, 0.25) is 0 Å². The van der Waals surface area contributed by atoms with Crippen molar-refractivity contribution in [2.45, 2.75) is 18.2 Å². The maximum atomic E-state index is 12.9. The number of nitrogens with zero attached hydrogens (tertiary/aromatic N) is 1. The number of carbonyl (C=O) groups is 1. The summed E-state index contributed by atoms with van der Waals surface area (Å²) in [7, 11) is -2.02. The van der Waals surface area contributed by atoms with Gasteiger partial charge in [0.2, 0.25) is 0 Å². The highest BCUT2D eigenvalue weighted by atomic mass is 32.2. The van der Waals surface area contributed by atoms with Gasteiger partial charge in [-0.25, -0.2) is 8.42 Å². The van der Waals surface area contributed by atoms with Gasteiger partial charge < -0.3 is 5.10 Å². The van der Waals surface area contributed by atoms with Crippen LogP contribution in [0.3, 0.4) is 0 Å². The van der Waals surface area contributed by atoms with Crippen LogP contribution in [-0.4, -0.2) is 36.8 Å². The molecule has 0 amide bonds. The predicted octanol–water partition coefficient (Wildman–Crippen LogP) is 0.786. The highest BCUT2D eigenvalue weighted by Gasteiger charge is 2.27. The number of hydrogen-bond acceptors (Lipinski definition) is 6. The van der Waals surface area contributed by atoms with Crippen molar-refractivity contribution in [1.82, 2.24) is 15.3 Å². The summed E-state index contributed by atoms with van der Waals surface area (Å²) in [5.74, 6) is -0.454. The van der Waals surface area contributed by atoms with Gasteiger partial charge in [-0.1, -0.05) is 6.92 Å². The number of benzene rings is 1. The molecule has 3 rings (SSSR count). The van der Waals surface area contributed by atoms with Gasteiger partial charge in [0, 0.05) is 30.6 Å². The molecule has 8 nitrogen and oxygen atoms in total. The Morgan fingerprint density at radius 3 is 2.54 bits per heavy atom. The molecule has 0 saturated heterocycles. The fourth-order valence-electron chi connectivity index (χ4n) is 3.02. The minimum absolute atomic E-state index is 0.00451. The van der Waals surface area contributed by atoms with Gasteiger partial charge in [-0.15, -0.1) is 0 Å². The van der Waals surface area contributed by atoms with Crippen LogP contribution in [-0.2, 0) is 28.1 Å². The van der Waals surface area contributed by atoms with Crippen LogP contribution >= 0.6 is 0 Å². The lowest BCUT2D eigenvalue weighted by Crippen LogP contribution is -2.21. The van der Waals surface area contributed by atoms with E-state index in [1.54, 1.807) is 6.08 Å². The van der Waals surface area contributed by atoms with Crippen LogP contribution in [0, 0.1) is 0 Å². The average Bonchev–Trinajstić information content (AvgIpc) is 3.23. The number of sulfone groups is 1. The van der Waals surface area contributed by atoms with Crippen molar-refractivity contribution in [2.75, 3.05) is 12.9 Å². The minimum atomic E-state index is -3.53. The summed E-state index contributed by atoms with van der Waals surface area (Å²) in [6, 6.07) is 2.86. The van der Waals surface area contributed by atoms with Gasteiger partial charge in [0.15, 0.2) is 15.6 Å². The van der Waals surface area contributed by atoms with Gasteiger partial charge in [0.1, 0.15) is 5.56 Å². The smallest absolute Gasteiger partial charge is 0.277 e. The summed E-state index contributed by atoms with van der Waals surface area (Å²) in [6.45, 7) is 2.12. The Morgan fingerprint density at radius 1 is 1.31 bits per heavy atom. The molecule has 1 aromatic heterocycles. The zero-order valence-corrected chi connectivity index (χ0v) is 15.4. The number of nitrogens with one attached hydrogen (secondary N) is 2. The molecule has 2 N–H and O–H groups in total. The van der Waals surface area contributed by atoms with Crippen LogP contribution in [0.1, 0.15) is 34.0 Å². The molecule has 0 aliphatic carbocycles. The van der Waals surface area contributed by atoms with Crippen LogP contribution in [0.5, 0.6) is 0 Å². The molecule has 1 aliphatic rings. The van der Waals surface area contributed by atoms with Crippen molar-refractivity contribution in [3.8, 4) is 0 Å². The van der Waals surface area contributed by atoms with Gasteiger partial charge in [-0.2, -0.15) is 0 Å². The molecule has 2 heterocycles. The SMILES string of the molecule is CCc1c(C(=O)c2c[nH]n(C)c2=O)ccc(S(C)(=O)=O)c1C1=CCON1. The molecular formula is C17H19N3O5S. The molecule has 9 heteroatoms. The molecule has 0 spiro atoms. The molecule has 1 aliphatic heterocycles. The molecule has 0 bridgehead atoms. The van der Waals surface area contributed by atoms with E-state index in [0.717, 1.165) is 6.26 Å². The lowest BCUT2D eigenvalue weighted by atomic mass is 9.92. The third-order valence-corrected chi connectivity index (χ3v) is 5.42. The Labute approximate surface area is 150 Å². The second-order valence-corrected chi connectivity index (χ2v) is 7.99. The number of carbonyl (C=O) groups excluding carboxylic acids is 1. The van der Waals surface area contributed by atoms with E-state index < -0.39 is 21.2 Å². The number of aryl methyl sites for hydroxylation is 1. The number of hydroxylamine groups is 1. The van der Waals surface area contributed by atoms with Gasteiger partial charge in [-0.05, 0) is 30.2 Å². The van der Waals surface area contributed by atoms with Crippen LogP contribution in [0.15, 0.2) is 34.1 Å². The van der Waals surface area contributed by atoms with Crippen molar-refractivity contribution in [3.63, 3.8) is 0 Å². The zero-order chi connectivity index (χ0) is 19.1. The van der Waals surface area contributed by atoms with Gasteiger partial charge in [-0.3, -0.25) is 24.6 Å². The van der Waals surface area contributed by atoms with E-state index in [4.69, 9.17) is 4.84 Å². The summed E-state index contributed by atoms with van der Waals surface area (Å²) >= 11 is 0. The minimum Gasteiger partial charge on any atom is -0.302 e. The maximum absolute atomic E-state index is 12.9. The van der Waals surface area contributed by atoms with Crippen LogP contribution < -0.4 is 11.0 Å². The first-order chi connectivity index (χ1) is 12.3. The molecule has 1 aromatic carbocycles. The second-order valence-electron chi connectivity index (χ2n) is 6.00. The van der Waals surface area contributed by atoms with Crippen molar-refractivity contribution in [1.29, 1.82) is 0 Å². The normalized spacial score (nSPS) is 14.2. The predicted molar refractivity (Wildman–Crippen MR) is 95.5 cm³/mol. The molecule has 0 atom stereocenters. The fourth-order valence-corrected chi connectivity index (χ4v) is 3.94. The Kier molecular flexibility index (Phi) is 4.59. The molecule has 0 radical (unpaired) electrons. The Balaban J connectivity index is 2.28. The van der Waals surface area contributed by atoms with E-state index in [9.17, 15) is 18.0 Å². The lowest BCUT2D eigenvalue weighted by Gasteiger charge is -2.17. The Hall–Kier alpha value is -2.65. The van der Waals surface area contributed by atoms with E-state index in [-0.39, 0.29) is 17.1 Å². The number of rotatable bonds is 5. The van der Waals surface area contributed by atoms with Crippen LogP contribution in [0.25, 0.3) is 5.70 Å². The molecule has 0 fully saturated rings. The average molecular weight is 377 g/mol. The molecular weight excluding hydrogens is 358 g/mol. The third kappa shape index (κ3) is 2.99. The van der Waals surface area contributed by atoms with Gasteiger partial charge in [0.05, 0.1) is 17.2 Å². The molecule has 0 unspecified atom stereocenters. The first-order valence-electron chi connectivity index (χ1n) is 7.99. The number of ketones is 1. The number of aromatic amines is 1. The Bertz CT molecular complexity index is 1080. The molecule has 26 heavy (non-hydrogen) atoms. The summed E-state index contributed by atoms with van der Waals surface area (Å²) in [6.07, 6.45) is 4.59. The number of hydrogen-bond donors (Lipinski definition) is 2. The van der Waals surface area contributed by atoms with E-state index in [2.05, 4.69) is 10.6 Å². The highest BCUT2D eigenvalue weighted by Crippen LogP contribution is 2.31. The third-order valence-electron chi connectivity index (χ3n) is 4.28. The van der Waals surface area contributed by atoms with Crippen molar-refractivity contribution < 1.29 is 18.0 Å². The van der Waals surface area contributed by atoms with Crippen molar-refractivity contribution >= 4 is 21.3 Å². The molecule has 0 saturated carbocycles. The summed E-state index contributed by atoms with van der Waals surface area (Å²) in [5, 5.41) is 2.67. The van der Waals surface area contributed by atoms with Gasteiger partial charge >= 0.3 is 0 Å². The lowest BCUT2D eigenvalue weighted by molar-refractivity contribution is 0.103. The molecule has 138 valence electrons. The quantitative estimate of drug-likeness (QED) is 0.746. The van der Waals surface area contributed by atoms with Gasteiger partial charge in [0.25, 0.3) is 5.56 Å². The van der Waals surface area contributed by atoms with Crippen LogP contribution in [0.4, 0.5) is 0 Å². The van der Waals surface area contributed by atoms with E-state index in [0.29, 0.717) is 28.8 Å². The highest BCUT2D eigenvalue weighted by molar-refractivity contribution is 7.90. The zero-order valence-electron chi connectivity index (χ0n) is 14.6. The Morgan fingerprint density at radius 2 is 2.04 bits per heavy atom. The van der Waals surface area contributed by atoms with Crippen molar-refractivity contribution in [3.05, 3.63) is 57.0 Å². The monoisotopic (exact) mass is 377 g/mol. The number of aromatic nitrogens is 2.